The van der Waals surface area contributed by atoms with Gasteiger partial charge in [-0.05, 0) is 62.1 Å². The van der Waals surface area contributed by atoms with Crippen molar-refractivity contribution in [1.82, 2.24) is 4.90 Å². The lowest BCUT2D eigenvalue weighted by molar-refractivity contribution is -0.127. The molecule has 0 aliphatic carbocycles. The highest BCUT2D eigenvalue weighted by Gasteiger charge is 2.47. The van der Waals surface area contributed by atoms with Gasteiger partial charge in [-0.2, -0.15) is 0 Å². The van der Waals surface area contributed by atoms with E-state index in [-0.39, 0.29) is 17.1 Å². The maximum Gasteiger partial charge on any atom is 0.200 e. The molecule has 1 aromatic heterocycles. The smallest absolute Gasteiger partial charge is 0.200 e. The van der Waals surface area contributed by atoms with Crippen molar-refractivity contribution in [3.63, 3.8) is 0 Å². The van der Waals surface area contributed by atoms with Crippen molar-refractivity contribution in [2.75, 3.05) is 57.5 Å². The van der Waals surface area contributed by atoms with Gasteiger partial charge in [-0.15, -0.1) is 0 Å². The van der Waals surface area contributed by atoms with Crippen molar-refractivity contribution >= 4 is 17.6 Å². The Bertz CT molecular complexity index is 1430. The van der Waals surface area contributed by atoms with Gasteiger partial charge in [0.05, 0.1) is 32.0 Å². The van der Waals surface area contributed by atoms with Crippen molar-refractivity contribution < 1.29 is 18.6 Å². The second-order valence-electron chi connectivity index (χ2n) is 11.1. The summed E-state index contributed by atoms with van der Waals surface area (Å²) in [6, 6.07) is 15.9. The van der Waals surface area contributed by atoms with E-state index in [4.69, 9.17) is 18.6 Å². The third-order valence-corrected chi connectivity index (χ3v) is 9.66. The number of fused-ring (bicyclic) bond motifs is 2. The highest BCUT2D eigenvalue weighted by molar-refractivity contribution is 7.99. The lowest BCUT2D eigenvalue weighted by atomic mass is 9.94. The molecule has 0 amide bonds. The molecule has 204 valence electrons. The van der Waals surface area contributed by atoms with Crippen LogP contribution in [0.2, 0.25) is 0 Å². The van der Waals surface area contributed by atoms with Crippen LogP contribution in [0.5, 0.6) is 5.75 Å². The van der Waals surface area contributed by atoms with Gasteiger partial charge in [-0.25, -0.2) is 0 Å². The van der Waals surface area contributed by atoms with E-state index < -0.39 is 0 Å². The van der Waals surface area contributed by atoms with E-state index in [0.717, 1.165) is 62.0 Å². The van der Waals surface area contributed by atoms with Crippen LogP contribution in [0.15, 0.2) is 67.5 Å². The van der Waals surface area contributed by atoms with Gasteiger partial charge in [0.25, 0.3) is 0 Å². The van der Waals surface area contributed by atoms with E-state index >= 15 is 0 Å². The number of anilines is 1. The molecular weight excluding hydrogens is 512 g/mol. The molecule has 3 fully saturated rings. The molecule has 4 aliphatic heterocycles. The van der Waals surface area contributed by atoms with E-state index in [9.17, 15) is 4.79 Å². The molecule has 0 N–H and O–H groups in total. The zero-order valence-electron chi connectivity index (χ0n) is 22.3. The highest BCUT2D eigenvalue weighted by Crippen LogP contribution is 2.46. The summed E-state index contributed by atoms with van der Waals surface area (Å²) < 4.78 is 23.7. The zero-order chi connectivity index (χ0) is 26.4. The molecule has 1 atom stereocenters. The second kappa shape index (κ2) is 10.3. The number of hydrogen-bond donors (Lipinski definition) is 0. The van der Waals surface area contributed by atoms with Crippen molar-refractivity contribution in [1.29, 1.82) is 0 Å². The Kier molecular flexibility index (Phi) is 6.67. The largest absolute Gasteiger partial charge is 0.489 e. The van der Waals surface area contributed by atoms with Crippen molar-refractivity contribution in [3.8, 4) is 17.1 Å². The summed E-state index contributed by atoms with van der Waals surface area (Å²) in [5, 5.41) is 0. The molecular formula is C31H34N2O5S. The van der Waals surface area contributed by atoms with E-state index in [1.165, 1.54) is 28.9 Å². The SMILES string of the molecule is C[C@@H](CN1CCCC12COC2)Oc1ccc2c(c1)Cc1cccc(-c3cc(=O)cc(N4CCOCC4)o3)c1S2. The molecule has 7 rings (SSSR count). The summed E-state index contributed by atoms with van der Waals surface area (Å²) in [4.78, 5) is 19.7. The average molecular weight is 547 g/mol. The molecule has 0 radical (unpaired) electrons. The molecule has 7 nitrogen and oxygen atoms in total. The first-order chi connectivity index (χ1) is 19.1. The van der Waals surface area contributed by atoms with Crippen molar-refractivity contribution in [2.24, 2.45) is 0 Å². The lowest BCUT2D eigenvalue weighted by Crippen LogP contribution is -2.60. The molecule has 3 saturated heterocycles. The summed E-state index contributed by atoms with van der Waals surface area (Å²) in [5.74, 6) is 2.14. The first-order valence-electron chi connectivity index (χ1n) is 14.0. The topological polar surface area (TPSA) is 64.4 Å². The number of morpholine rings is 1. The Labute approximate surface area is 233 Å². The molecule has 0 saturated carbocycles. The molecule has 5 heterocycles. The van der Waals surface area contributed by atoms with Gasteiger partial charge < -0.3 is 23.5 Å². The molecule has 39 heavy (non-hydrogen) atoms. The summed E-state index contributed by atoms with van der Waals surface area (Å²) in [6.45, 7) is 8.66. The van der Waals surface area contributed by atoms with Crippen LogP contribution in [0, 0.1) is 0 Å². The Hall–Kier alpha value is -2.78. The standard InChI is InChI=1S/C31H34N2O5S/c1-21(18-33-9-3-8-31(33)19-36-20-31)37-25-6-7-28-23(15-25)14-22-4-2-5-26(30(22)39-28)27-16-24(34)17-29(38-27)32-10-12-35-13-11-32/h2,4-7,15-17,21H,3,8-14,18-20H2,1H3/t21-/m0/s1. The Morgan fingerprint density at radius 1 is 1.03 bits per heavy atom. The maximum absolute atomic E-state index is 12.6. The van der Waals surface area contributed by atoms with Gasteiger partial charge in [0, 0.05) is 47.1 Å². The van der Waals surface area contributed by atoms with Crippen LogP contribution in [-0.2, 0) is 15.9 Å². The van der Waals surface area contributed by atoms with Gasteiger partial charge in [0.1, 0.15) is 17.6 Å². The van der Waals surface area contributed by atoms with Crippen LogP contribution in [0.3, 0.4) is 0 Å². The molecule has 4 aliphatic rings. The van der Waals surface area contributed by atoms with Crippen molar-refractivity contribution in [3.05, 3.63) is 69.9 Å². The first kappa shape index (κ1) is 25.2. The summed E-state index contributed by atoms with van der Waals surface area (Å²) in [6.07, 6.45) is 3.40. The molecule has 3 aromatic rings. The number of benzene rings is 2. The first-order valence-corrected chi connectivity index (χ1v) is 14.8. The van der Waals surface area contributed by atoms with Gasteiger partial charge in [-0.1, -0.05) is 30.0 Å². The van der Waals surface area contributed by atoms with Crippen LogP contribution in [0.25, 0.3) is 11.3 Å². The Balaban J connectivity index is 1.10. The van der Waals surface area contributed by atoms with Crippen LogP contribution in [0.1, 0.15) is 30.9 Å². The minimum absolute atomic E-state index is 0.0443. The van der Waals surface area contributed by atoms with Crippen molar-refractivity contribution in [2.45, 2.75) is 47.6 Å². The van der Waals surface area contributed by atoms with E-state index in [2.05, 4.69) is 53.1 Å². The number of hydrogen-bond acceptors (Lipinski definition) is 8. The van der Waals surface area contributed by atoms with Gasteiger partial charge in [0.15, 0.2) is 11.3 Å². The van der Waals surface area contributed by atoms with Crippen LogP contribution in [0.4, 0.5) is 5.88 Å². The van der Waals surface area contributed by atoms with Gasteiger partial charge in [0.2, 0.25) is 0 Å². The number of ether oxygens (including phenoxy) is 3. The lowest BCUT2D eigenvalue weighted by Gasteiger charge is -2.46. The molecule has 0 unspecified atom stereocenters. The number of likely N-dealkylation sites (tertiary alicyclic amines) is 1. The fraction of sp³-hybridized carbons (Fsp3) is 0.452. The number of nitrogens with zero attached hydrogens (tertiary/aromatic N) is 2. The van der Waals surface area contributed by atoms with E-state index in [1.807, 2.05) is 0 Å². The minimum Gasteiger partial charge on any atom is -0.489 e. The third kappa shape index (κ3) is 4.88. The second-order valence-corrected chi connectivity index (χ2v) is 12.2. The van der Waals surface area contributed by atoms with Gasteiger partial charge in [-0.3, -0.25) is 9.69 Å². The predicted molar refractivity (Wildman–Crippen MR) is 151 cm³/mol. The molecule has 0 bridgehead atoms. The minimum atomic E-state index is -0.0443. The average Bonchev–Trinajstić information content (AvgIpc) is 3.36. The molecule has 2 aromatic carbocycles. The summed E-state index contributed by atoms with van der Waals surface area (Å²) in [5.41, 5.74) is 3.68. The van der Waals surface area contributed by atoms with E-state index in [1.54, 1.807) is 23.9 Å². The maximum atomic E-state index is 12.6. The predicted octanol–water partition coefficient (Wildman–Crippen LogP) is 4.83. The Morgan fingerprint density at radius 2 is 1.90 bits per heavy atom. The van der Waals surface area contributed by atoms with Crippen LogP contribution < -0.4 is 15.1 Å². The normalized spacial score (nSPS) is 20.8. The fourth-order valence-electron chi connectivity index (χ4n) is 6.28. The summed E-state index contributed by atoms with van der Waals surface area (Å²) in [7, 11) is 0. The molecule has 8 heteroatoms. The summed E-state index contributed by atoms with van der Waals surface area (Å²) >= 11 is 1.74. The highest BCUT2D eigenvalue weighted by atomic mass is 32.2. The van der Waals surface area contributed by atoms with Crippen LogP contribution >= 0.6 is 11.8 Å². The quantitative estimate of drug-likeness (QED) is 0.341. The zero-order valence-corrected chi connectivity index (χ0v) is 23.1. The fourth-order valence-corrected chi connectivity index (χ4v) is 7.45. The van der Waals surface area contributed by atoms with Crippen LogP contribution in [-0.4, -0.2) is 69.1 Å². The van der Waals surface area contributed by atoms with E-state index in [0.29, 0.717) is 24.9 Å². The number of rotatable bonds is 6. The monoisotopic (exact) mass is 546 g/mol. The third-order valence-electron chi connectivity index (χ3n) is 8.36. The molecule has 1 spiro atoms. The van der Waals surface area contributed by atoms with Gasteiger partial charge >= 0.3 is 0 Å². The Morgan fingerprint density at radius 3 is 2.72 bits per heavy atom.